The predicted molar refractivity (Wildman–Crippen MR) is 84.2 cm³/mol. The minimum Gasteiger partial charge on any atom is -0.439 e. The van der Waals surface area contributed by atoms with E-state index < -0.39 is 0 Å². The number of hydrogen-bond acceptors (Lipinski definition) is 4. The van der Waals surface area contributed by atoms with E-state index in [4.69, 9.17) is 21.8 Å². The van der Waals surface area contributed by atoms with Crippen LogP contribution in [0.5, 0.6) is 0 Å². The Morgan fingerprint density at radius 1 is 1.36 bits per heavy atom. The van der Waals surface area contributed by atoms with E-state index in [9.17, 15) is 4.79 Å². The van der Waals surface area contributed by atoms with Gasteiger partial charge in [0.25, 0.3) is 0 Å². The third-order valence-corrected chi connectivity index (χ3v) is 4.21. The van der Waals surface area contributed by atoms with Crippen molar-refractivity contribution >= 4 is 17.5 Å². The molecule has 1 amide bonds. The molecule has 0 unspecified atom stereocenters. The van der Waals surface area contributed by atoms with Crippen LogP contribution in [0.3, 0.4) is 0 Å². The Labute approximate surface area is 134 Å². The molecule has 3 rings (SSSR count). The highest BCUT2D eigenvalue weighted by Gasteiger charge is 2.27. The second kappa shape index (κ2) is 6.50. The first-order valence-electron chi connectivity index (χ1n) is 7.37. The van der Waals surface area contributed by atoms with Crippen molar-refractivity contribution in [2.75, 3.05) is 6.54 Å². The standard InChI is InChI=1S/C16H18ClN3O2/c17-12-6-4-11(5-7-12)14-9-19-15(22-14)10-20-8-2-1-3-13(20)16(18)21/h4-7,9,13H,1-3,8,10H2,(H2,18,21)/t13-/m1/s1. The highest BCUT2D eigenvalue weighted by atomic mass is 35.5. The maximum Gasteiger partial charge on any atom is 0.234 e. The smallest absolute Gasteiger partial charge is 0.234 e. The molecule has 0 spiro atoms. The molecule has 0 saturated carbocycles. The summed E-state index contributed by atoms with van der Waals surface area (Å²) in [6.07, 6.45) is 4.60. The van der Waals surface area contributed by atoms with Gasteiger partial charge in [-0.1, -0.05) is 18.0 Å². The average Bonchev–Trinajstić information content (AvgIpc) is 2.97. The molecule has 1 aromatic carbocycles. The van der Waals surface area contributed by atoms with Gasteiger partial charge in [0.05, 0.1) is 18.8 Å². The van der Waals surface area contributed by atoms with Gasteiger partial charge in [0.1, 0.15) is 0 Å². The van der Waals surface area contributed by atoms with Crippen LogP contribution in [0.25, 0.3) is 11.3 Å². The molecule has 6 heteroatoms. The SMILES string of the molecule is NC(=O)[C@H]1CCCCN1Cc1ncc(-c2ccc(Cl)cc2)o1. The average molecular weight is 320 g/mol. The van der Waals surface area contributed by atoms with Gasteiger partial charge in [-0.2, -0.15) is 0 Å². The van der Waals surface area contributed by atoms with Gasteiger partial charge in [-0.15, -0.1) is 0 Å². The molecular formula is C16H18ClN3O2. The van der Waals surface area contributed by atoms with E-state index in [2.05, 4.69) is 4.98 Å². The maximum absolute atomic E-state index is 11.5. The molecule has 116 valence electrons. The molecule has 0 bridgehead atoms. The topological polar surface area (TPSA) is 72.4 Å². The fourth-order valence-corrected chi connectivity index (χ4v) is 2.93. The number of piperidine rings is 1. The van der Waals surface area contributed by atoms with E-state index in [1.807, 2.05) is 29.2 Å². The Hall–Kier alpha value is -1.85. The molecule has 1 fully saturated rings. The van der Waals surface area contributed by atoms with Crippen molar-refractivity contribution in [3.05, 3.63) is 41.4 Å². The summed E-state index contributed by atoms with van der Waals surface area (Å²) in [7, 11) is 0. The number of benzene rings is 1. The zero-order valence-corrected chi connectivity index (χ0v) is 12.9. The Kier molecular flexibility index (Phi) is 4.45. The Balaban J connectivity index is 1.73. The molecule has 0 aliphatic carbocycles. The highest BCUT2D eigenvalue weighted by molar-refractivity contribution is 6.30. The number of primary amides is 1. The van der Waals surface area contributed by atoms with E-state index in [1.54, 1.807) is 6.20 Å². The van der Waals surface area contributed by atoms with E-state index in [1.165, 1.54) is 0 Å². The van der Waals surface area contributed by atoms with Gasteiger partial charge in [0.2, 0.25) is 11.8 Å². The summed E-state index contributed by atoms with van der Waals surface area (Å²) in [6, 6.07) is 7.18. The number of oxazole rings is 1. The maximum atomic E-state index is 11.5. The van der Waals surface area contributed by atoms with Gasteiger partial charge in [0, 0.05) is 10.6 Å². The van der Waals surface area contributed by atoms with Crippen LogP contribution >= 0.6 is 11.6 Å². The second-order valence-electron chi connectivity index (χ2n) is 5.51. The van der Waals surface area contributed by atoms with Gasteiger partial charge in [-0.05, 0) is 43.7 Å². The molecule has 0 radical (unpaired) electrons. The van der Waals surface area contributed by atoms with Crippen molar-refractivity contribution in [3.63, 3.8) is 0 Å². The zero-order valence-electron chi connectivity index (χ0n) is 12.2. The number of carbonyl (C=O) groups excluding carboxylic acids is 1. The molecule has 1 aromatic heterocycles. The van der Waals surface area contributed by atoms with Crippen LogP contribution in [0.4, 0.5) is 0 Å². The largest absolute Gasteiger partial charge is 0.439 e. The van der Waals surface area contributed by atoms with Crippen molar-refractivity contribution in [2.24, 2.45) is 5.73 Å². The lowest BCUT2D eigenvalue weighted by Crippen LogP contribution is -2.47. The first kappa shape index (κ1) is 15.1. The van der Waals surface area contributed by atoms with E-state index in [-0.39, 0.29) is 11.9 Å². The predicted octanol–water partition coefficient (Wildman–Crippen LogP) is 2.83. The first-order chi connectivity index (χ1) is 10.6. The number of aromatic nitrogens is 1. The van der Waals surface area contributed by atoms with Crippen LogP contribution in [0.2, 0.25) is 5.02 Å². The first-order valence-corrected chi connectivity index (χ1v) is 7.75. The fraction of sp³-hybridized carbons (Fsp3) is 0.375. The molecule has 2 heterocycles. The lowest BCUT2D eigenvalue weighted by Gasteiger charge is -2.32. The van der Waals surface area contributed by atoms with E-state index in [0.29, 0.717) is 23.2 Å². The molecule has 2 aromatic rings. The number of halogens is 1. The number of carbonyl (C=O) groups is 1. The van der Waals surface area contributed by atoms with Crippen LogP contribution in [-0.4, -0.2) is 28.4 Å². The molecule has 1 aliphatic heterocycles. The van der Waals surface area contributed by atoms with Crippen molar-refractivity contribution in [1.82, 2.24) is 9.88 Å². The number of rotatable bonds is 4. The summed E-state index contributed by atoms with van der Waals surface area (Å²) in [4.78, 5) is 17.9. The minimum absolute atomic E-state index is 0.223. The van der Waals surface area contributed by atoms with Crippen LogP contribution in [0.15, 0.2) is 34.9 Å². The summed E-state index contributed by atoms with van der Waals surface area (Å²) in [5.41, 5.74) is 6.40. The number of amides is 1. The van der Waals surface area contributed by atoms with E-state index in [0.717, 1.165) is 31.4 Å². The summed E-state index contributed by atoms with van der Waals surface area (Å²) in [5, 5.41) is 0.682. The molecule has 1 aliphatic rings. The monoisotopic (exact) mass is 319 g/mol. The van der Waals surface area contributed by atoms with Crippen molar-refractivity contribution in [2.45, 2.75) is 31.8 Å². The number of likely N-dealkylation sites (tertiary alicyclic amines) is 1. The zero-order chi connectivity index (χ0) is 15.5. The normalized spacial score (nSPS) is 19.2. The Bertz CT molecular complexity index is 654. The van der Waals surface area contributed by atoms with Gasteiger partial charge < -0.3 is 10.2 Å². The highest BCUT2D eigenvalue weighted by Crippen LogP contribution is 2.24. The molecule has 5 nitrogen and oxygen atoms in total. The minimum atomic E-state index is -0.274. The van der Waals surface area contributed by atoms with Crippen molar-refractivity contribution in [3.8, 4) is 11.3 Å². The lowest BCUT2D eigenvalue weighted by atomic mass is 10.0. The number of hydrogen-bond donors (Lipinski definition) is 1. The number of nitrogens with two attached hydrogens (primary N) is 1. The quantitative estimate of drug-likeness (QED) is 0.940. The Morgan fingerprint density at radius 3 is 2.86 bits per heavy atom. The summed E-state index contributed by atoms with van der Waals surface area (Å²) >= 11 is 5.88. The second-order valence-corrected chi connectivity index (χ2v) is 5.95. The number of nitrogens with zero attached hydrogens (tertiary/aromatic N) is 2. The molecular weight excluding hydrogens is 302 g/mol. The van der Waals surface area contributed by atoms with Crippen molar-refractivity contribution in [1.29, 1.82) is 0 Å². The summed E-state index contributed by atoms with van der Waals surface area (Å²) in [5.74, 6) is 1.02. The van der Waals surface area contributed by atoms with Gasteiger partial charge >= 0.3 is 0 Å². The molecule has 1 saturated heterocycles. The van der Waals surface area contributed by atoms with Crippen LogP contribution in [0, 0.1) is 0 Å². The Morgan fingerprint density at radius 2 is 2.14 bits per heavy atom. The van der Waals surface area contributed by atoms with Crippen LogP contribution < -0.4 is 5.73 Å². The fourth-order valence-electron chi connectivity index (χ4n) is 2.81. The summed E-state index contributed by atoms with van der Waals surface area (Å²) in [6.45, 7) is 1.34. The molecule has 2 N–H and O–H groups in total. The van der Waals surface area contributed by atoms with Gasteiger partial charge in [-0.3, -0.25) is 9.69 Å². The summed E-state index contributed by atoms with van der Waals surface area (Å²) < 4.78 is 5.79. The van der Waals surface area contributed by atoms with Gasteiger partial charge in [0.15, 0.2) is 5.76 Å². The van der Waals surface area contributed by atoms with E-state index >= 15 is 0 Å². The van der Waals surface area contributed by atoms with Crippen LogP contribution in [-0.2, 0) is 11.3 Å². The van der Waals surface area contributed by atoms with Gasteiger partial charge in [-0.25, -0.2) is 4.98 Å². The third-order valence-electron chi connectivity index (χ3n) is 3.96. The third kappa shape index (κ3) is 3.31. The molecule has 1 atom stereocenters. The molecule has 22 heavy (non-hydrogen) atoms. The lowest BCUT2D eigenvalue weighted by molar-refractivity contribution is -0.124. The van der Waals surface area contributed by atoms with Crippen molar-refractivity contribution < 1.29 is 9.21 Å². The van der Waals surface area contributed by atoms with Crippen LogP contribution in [0.1, 0.15) is 25.2 Å².